The molecule has 0 fully saturated rings. The van der Waals surface area contributed by atoms with Crippen LogP contribution in [0.3, 0.4) is 0 Å². The molecule has 1 amide bonds. The molecule has 3 N–H and O–H groups in total. The summed E-state index contributed by atoms with van der Waals surface area (Å²) in [5.41, 5.74) is 8.39. The Morgan fingerprint density at radius 3 is 2.58 bits per heavy atom. The summed E-state index contributed by atoms with van der Waals surface area (Å²) in [6.07, 6.45) is 0.841. The molecule has 1 aromatic rings. The summed E-state index contributed by atoms with van der Waals surface area (Å²) in [7, 11) is 0. The number of carbonyl (C=O) groups is 2. The van der Waals surface area contributed by atoms with Crippen molar-refractivity contribution in [3.8, 4) is 0 Å². The Kier molecular flexibility index (Phi) is 5.36. The number of ether oxygens (including phenoxy) is 1. The molecule has 0 saturated heterocycles. The molecular formula is C14H20N2O3. The molecule has 0 atom stereocenters. The van der Waals surface area contributed by atoms with Crippen LogP contribution in [-0.2, 0) is 9.53 Å². The van der Waals surface area contributed by atoms with E-state index in [1.807, 2.05) is 19.9 Å². The summed E-state index contributed by atoms with van der Waals surface area (Å²) in [6, 6.07) is 3.40. The molecule has 0 saturated carbocycles. The normalized spacial score (nSPS) is 10.1. The van der Waals surface area contributed by atoms with E-state index in [1.54, 1.807) is 13.0 Å². The molecule has 0 spiro atoms. The second kappa shape index (κ2) is 6.78. The smallest absolute Gasteiger partial charge is 0.338 e. The maximum Gasteiger partial charge on any atom is 0.338 e. The van der Waals surface area contributed by atoms with E-state index < -0.39 is 5.97 Å². The molecule has 0 radical (unpaired) electrons. The first kappa shape index (κ1) is 15.0. The summed E-state index contributed by atoms with van der Waals surface area (Å²) in [6.45, 7) is 5.93. The Balaban J connectivity index is 2.64. The highest BCUT2D eigenvalue weighted by molar-refractivity contribution is 5.93. The van der Waals surface area contributed by atoms with Gasteiger partial charge in [0.05, 0.1) is 5.56 Å². The van der Waals surface area contributed by atoms with E-state index in [4.69, 9.17) is 10.5 Å². The van der Waals surface area contributed by atoms with Crippen molar-refractivity contribution in [2.75, 3.05) is 18.9 Å². The summed E-state index contributed by atoms with van der Waals surface area (Å²) in [5.74, 6) is -0.830. The van der Waals surface area contributed by atoms with Gasteiger partial charge in [0.15, 0.2) is 6.61 Å². The van der Waals surface area contributed by atoms with Crippen molar-refractivity contribution in [1.82, 2.24) is 5.32 Å². The second-order valence-corrected chi connectivity index (χ2v) is 4.45. The zero-order chi connectivity index (χ0) is 14.4. The summed E-state index contributed by atoms with van der Waals surface area (Å²) in [4.78, 5) is 23.2. The van der Waals surface area contributed by atoms with Crippen LogP contribution in [0.2, 0.25) is 0 Å². The summed E-state index contributed by atoms with van der Waals surface area (Å²) >= 11 is 0. The van der Waals surface area contributed by atoms with E-state index in [0.717, 1.165) is 17.5 Å². The monoisotopic (exact) mass is 264 g/mol. The molecule has 19 heavy (non-hydrogen) atoms. The number of benzene rings is 1. The minimum atomic E-state index is -0.532. The SMILES string of the molecule is CCCNC(=O)COC(=O)c1cc(N)c(C)cc1C. The average molecular weight is 264 g/mol. The van der Waals surface area contributed by atoms with Crippen LogP contribution in [0, 0.1) is 13.8 Å². The minimum absolute atomic E-state index is 0.272. The summed E-state index contributed by atoms with van der Waals surface area (Å²) in [5, 5.41) is 2.63. The Hall–Kier alpha value is -2.04. The predicted molar refractivity (Wildman–Crippen MR) is 73.9 cm³/mol. The Morgan fingerprint density at radius 2 is 1.95 bits per heavy atom. The van der Waals surface area contributed by atoms with E-state index >= 15 is 0 Å². The number of nitrogen functional groups attached to an aromatic ring is 1. The van der Waals surface area contributed by atoms with Gasteiger partial charge in [-0.25, -0.2) is 4.79 Å². The molecule has 1 rings (SSSR count). The van der Waals surface area contributed by atoms with Crippen LogP contribution < -0.4 is 11.1 Å². The van der Waals surface area contributed by atoms with Crippen molar-refractivity contribution in [3.63, 3.8) is 0 Å². The van der Waals surface area contributed by atoms with E-state index in [1.165, 1.54) is 0 Å². The molecule has 0 aromatic heterocycles. The third kappa shape index (κ3) is 4.28. The molecule has 0 bridgehead atoms. The number of aryl methyl sites for hydroxylation is 2. The number of anilines is 1. The number of nitrogens with two attached hydrogens (primary N) is 1. The standard InChI is InChI=1S/C14H20N2O3/c1-4-5-16-13(17)8-19-14(18)11-7-12(15)10(3)6-9(11)2/h6-7H,4-5,8,15H2,1-3H3,(H,16,17). The first-order chi connectivity index (χ1) is 8.95. The average Bonchev–Trinajstić information content (AvgIpc) is 2.37. The van der Waals surface area contributed by atoms with Crippen LogP contribution in [-0.4, -0.2) is 25.0 Å². The molecule has 104 valence electrons. The number of hydrogen-bond donors (Lipinski definition) is 2. The molecular weight excluding hydrogens is 244 g/mol. The second-order valence-electron chi connectivity index (χ2n) is 4.45. The number of esters is 1. The van der Waals surface area contributed by atoms with Gasteiger partial charge < -0.3 is 15.8 Å². The Morgan fingerprint density at radius 1 is 1.26 bits per heavy atom. The maximum atomic E-state index is 11.8. The van der Waals surface area contributed by atoms with Gasteiger partial charge in [0.25, 0.3) is 5.91 Å². The highest BCUT2D eigenvalue weighted by Gasteiger charge is 2.13. The van der Waals surface area contributed by atoms with Gasteiger partial charge in [-0.3, -0.25) is 4.79 Å². The van der Waals surface area contributed by atoms with Crippen molar-refractivity contribution in [2.24, 2.45) is 0 Å². The topological polar surface area (TPSA) is 81.4 Å². The molecule has 0 heterocycles. The van der Waals surface area contributed by atoms with Crippen molar-refractivity contribution in [1.29, 1.82) is 0 Å². The van der Waals surface area contributed by atoms with Crippen molar-refractivity contribution < 1.29 is 14.3 Å². The Bertz CT molecular complexity index is 484. The number of hydrogen-bond acceptors (Lipinski definition) is 4. The van der Waals surface area contributed by atoms with Crippen LogP contribution in [0.25, 0.3) is 0 Å². The van der Waals surface area contributed by atoms with Gasteiger partial charge in [-0.05, 0) is 37.5 Å². The fourth-order valence-corrected chi connectivity index (χ4v) is 1.61. The van der Waals surface area contributed by atoms with Crippen LogP contribution in [0.5, 0.6) is 0 Å². The minimum Gasteiger partial charge on any atom is -0.452 e. The molecule has 0 unspecified atom stereocenters. The van der Waals surface area contributed by atoms with Crippen LogP contribution >= 0.6 is 0 Å². The lowest BCUT2D eigenvalue weighted by molar-refractivity contribution is -0.124. The van der Waals surface area contributed by atoms with Crippen molar-refractivity contribution in [2.45, 2.75) is 27.2 Å². The molecule has 0 aliphatic carbocycles. The summed E-state index contributed by atoms with van der Waals surface area (Å²) < 4.78 is 4.96. The fourth-order valence-electron chi connectivity index (χ4n) is 1.61. The van der Waals surface area contributed by atoms with E-state index in [2.05, 4.69) is 5.32 Å². The molecule has 0 aliphatic rings. The third-order valence-corrected chi connectivity index (χ3v) is 2.74. The lowest BCUT2D eigenvalue weighted by atomic mass is 10.0. The predicted octanol–water partition coefficient (Wildman–Crippen LogP) is 1.57. The number of amides is 1. The van der Waals surface area contributed by atoms with Crippen molar-refractivity contribution >= 4 is 17.6 Å². The fraction of sp³-hybridized carbons (Fsp3) is 0.429. The highest BCUT2D eigenvalue weighted by atomic mass is 16.5. The van der Waals surface area contributed by atoms with Gasteiger partial charge in [0.2, 0.25) is 0 Å². The van der Waals surface area contributed by atoms with E-state index in [9.17, 15) is 9.59 Å². The van der Waals surface area contributed by atoms with Crippen molar-refractivity contribution in [3.05, 3.63) is 28.8 Å². The van der Waals surface area contributed by atoms with E-state index in [0.29, 0.717) is 17.8 Å². The largest absolute Gasteiger partial charge is 0.452 e. The number of rotatable bonds is 5. The molecule has 0 aliphatic heterocycles. The first-order valence-corrected chi connectivity index (χ1v) is 6.26. The molecule has 1 aromatic carbocycles. The molecule has 5 heteroatoms. The highest BCUT2D eigenvalue weighted by Crippen LogP contribution is 2.18. The lowest BCUT2D eigenvalue weighted by Gasteiger charge is -2.09. The van der Waals surface area contributed by atoms with Crippen LogP contribution in [0.4, 0.5) is 5.69 Å². The van der Waals surface area contributed by atoms with Gasteiger partial charge in [-0.1, -0.05) is 13.0 Å². The Labute approximate surface area is 113 Å². The van der Waals surface area contributed by atoms with Gasteiger partial charge in [-0.2, -0.15) is 0 Å². The first-order valence-electron chi connectivity index (χ1n) is 6.26. The zero-order valence-corrected chi connectivity index (χ0v) is 11.6. The quantitative estimate of drug-likeness (QED) is 0.624. The van der Waals surface area contributed by atoms with Gasteiger partial charge in [-0.15, -0.1) is 0 Å². The number of nitrogens with one attached hydrogen (secondary N) is 1. The zero-order valence-electron chi connectivity index (χ0n) is 11.6. The van der Waals surface area contributed by atoms with E-state index in [-0.39, 0.29) is 12.5 Å². The van der Waals surface area contributed by atoms with Gasteiger partial charge >= 0.3 is 5.97 Å². The van der Waals surface area contributed by atoms with Gasteiger partial charge in [0, 0.05) is 12.2 Å². The number of carbonyl (C=O) groups excluding carboxylic acids is 2. The third-order valence-electron chi connectivity index (χ3n) is 2.74. The lowest BCUT2D eigenvalue weighted by Crippen LogP contribution is -2.29. The van der Waals surface area contributed by atoms with Gasteiger partial charge in [0.1, 0.15) is 0 Å². The van der Waals surface area contributed by atoms with Crippen LogP contribution in [0.15, 0.2) is 12.1 Å². The molecule has 5 nitrogen and oxygen atoms in total. The van der Waals surface area contributed by atoms with Crippen LogP contribution in [0.1, 0.15) is 34.8 Å². The maximum absolute atomic E-state index is 11.8.